The van der Waals surface area contributed by atoms with Crippen molar-refractivity contribution in [2.45, 2.75) is 31.5 Å². The van der Waals surface area contributed by atoms with Gasteiger partial charge in [0, 0.05) is 32.2 Å². The van der Waals surface area contributed by atoms with Gasteiger partial charge in [0.15, 0.2) is 0 Å². The summed E-state index contributed by atoms with van der Waals surface area (Å²) in [7, 11) is 3.28. The Hall–Kier alpha value is -1.96. The summed E-state index contributed by atoms with van der Waals surface area (Å²) < 4.78 is 39.6. The van der Waals surface area contributed by atoms with Crippen LogP contribution >= 0.6 is 0 Å². The Bertz CT molecular complexity index is 590. The van der Waals surface area contributed by atoms with Gasteiger partial charge in [0.05, 0.1) is 17.4 Å². The van der Waals surface area contributed by atoms with Crippen LogP contribution in [0.25, 0.3) is 0 Å². The zero-order chi connectivity index (χ0) is 17.9. The van der Waals surface area contributed by atoms with Gasteiger partial charge in [-0.3, -0.25) is 0 Å². The Morgan fingerprint density at radius 2 is 2.04 bits per heavy atom. The SMILES string of the molecule is CN(C)c1ccc(NC(=O)NC[C@H]2CCC[C@@H]2O)c(C(F)(F)F)c1. The maximum Gasteiger partial charge on any atom is 0.418 e. The van der Waals surface area contributed by atoms with Gasteiger partial charge in [0.2, 0.25) is 0 Å². The lowest BCUT2D eigenvalue weighted by Crippen LogP contribution is -2.35. The average Bonchev–Trinajstić information content (AvgIpc) is 2.89. The first-order valence-corrected chi connectivity index (χ1v) is 7.80. The number of carbonyl (C=O) groups excluding carboxylic acids is 1. The van der Waals surface area contributed by atoms with Gasteiger partial charge in [-0.05, 0) is 31.0 Å². The van der Waals surface area contributed by atoms with Crippen molar-refractivity contribution < 1.29 is 23.1 Å². The van der Waals surface area contributed by atoms with Crippen LogP contribution in [0.5, 0.6) is 0 Å². The van der Waals surface area contributed by atoms with E-state index in [1.54, 1.807) is 19.0 Å². The van der Waals surface area contributed by atoms with Crippen LogP contribution in [0.2, 0.25) is 0 Å². The summed E-state index contributed by atoms with van der Waals surface area (Å²) in [4.78, 5) is 13.4. The number of nitrogens with zero attached hydrogens (tertiary/aromatic N) is 1. The summed E-state index contributed by atoms with van der Waals surface area (Å²) in [5.41, 5.74) is -0.801. The van der Waals surface area contributed by atoms with Gasteiger partial charge in [-0.25, -0.2) is 4.79 Å². The predicted octanol–water partition coefficient (Wildman–Crippen LogP) is 3.05. The van der Waals surface area contributed by atoms with Gasteiger partial charge >= 0.3 is 12.2 Å². The summed E-state index contributed by atoms with van der Waals surface area (Å²) >= 11 is 0. The van der Waals surface area contributed by atoms with Gasteiger partial charge < -0.3 is 20.6 Å². The molecule has 2 amide bonds. The molecule has 1 aliphatic carbocycles. The number of halogens is 3. The van der Waals surface area contributed by atoms with Crippen molar-refractivity contribution in [3.8, 4) is 0 Å². The molecule has 0 spiro atoms. The molecule has 24 heavy (non-hydrogen) atoms. The lowest BCUT2D eigenvalue weighted by Gasteiger charge is -2.19. The number of amides is 2. The second-order valence-corrected chi connectivity index (χ2v) is 6.22. The van der Waals surface area contributed by atoms with Crippen LogP contribution in [0.1, 0.15) is 24.8 Å². The van der Waals surface area contributed by atoms with Gasteiger partial charge in [-0.1, -0.05) is 6.42 Å². The van der Waals surface area contributed by atoms with Crippen LogP contribution in [-0.2, 0) is 6.18 Å². The molecule has 1 aromatic rings. The van der Waals surface area contributed by atoms with Crippen molar-refractivity contribution in [2.75, 3.05) is 30.9 Å². The highest BCUT2D eigenvalue weighted by Gasteiger charge is 2.34. The maximum atomic E-state index is 13.2. The first kappa shape index (κ1) is 18.4. The van der Waals surface area contributed by atoms with Gasteiger partial charge in [0.1, 0.15) is 0 Å². The van der Waals surface area contributed by atoms with E-state index in [9.17, 15) is 23.1 Å². The molecule has 0 aliphatic heterocycles. The molecule has 2 rings (SSSR count). The largest absolute Gasteiger partial charge is 0.418 e. The molecule has 0 radical (unpaired) electrons. The molecule has 1 fully saturated rings. The van der Waals surface area contributed by atoms with Crippen LogP contribution in [0, 0.1) is 5.92 Å². The number of carbonyl (C=O) groups is 1. The molecule has 0 unspecified atom stereocenters. The molecular formula is C16H22F3N3O2. The van der Waals surface area contributed by atoms with E-state index in [-0.39, 0.29) is 18.2 Å². The fourth-order valence-corrected chi connectivity index (χ4v) is 2.80. The molecule has 1 aromatic carbocycles. The van der Waals surface area contributed by atoms with Crippen LogP contribution in [0.3, 0.4) is 0 Å². The predicted molar refractivity (Wildman–Crippen MR) is 86.1 cm³/mol. The third-order valence-electron chi connectivity index (χ3n) is 4.22. The second-order valence-electron chi connectivity index (χ2n) is 6.22. The zero-order valence-corrected chi connectivity index (χ0v) is 13.7. The standard InChI is InChI=1S/C16H22F3N3O2/c1-22(2)11-6-7-13(12(8-11)16(17,18)19)21-15(24)20-9-10-4-3-5-14(10)23/h6-8,10,14,23H,3-5,9H2,1-2H3,(H2,20,21,24)/t10-,14+/m1/s1. The molecule has 0 heterocycles. The van der Waals surface area contributed by atoms with Gasteiger partial charge in [-0.15, -0.1) is 0 Å². The van der Waals surface area contributed by atoms with Gasteiger partial charge in [-0.2, -0.15) is 13.2 Å². The Balaban J connectivity index is 2.06. The van der Waals surface area contributed by atoms with Gasteiger partial charge in [0.25, 0.3) is 0 Å². The molecule has 0 bridgehead atoms. The topological polar surface area (TPSA) is 64.6 Å². The number of hydrogen-bond acceptors (Lipinski definition) is 3. The van der Waals surface area contributed by atoms with Crippen LogP contribution in [0.4, 0.5) is 29.3 Å². The van der Waals surface area contributed by atoms with E-state index in [4.69, 9.17) is 0 Å². The van der Waals surface area contributed by atoms with Crippen molar-refractivity contribution >= 4 is 17.4 Å². The summed E-state index contributed by atoms with van der Waals surface area (Å²) in [5, 5.41) is 14.5. The first-order valence-electron chi connectivity index (χ1n) is 7.80. The summed E-state index contributed by atoms with van der Waals surface area (Å²) in [6.45, 7) is 0.240. The van der Waals surface area contributed by atoms with E-state index in [0.29, 0.717) is 12.1 Å². The third kappa shape index (κ3) is 4.53. The zero-order valence-electron chi connectivity index (χ0n) is 13.7. The normalized spacial score (nSPS) is 20.8. The Kier molecular flexibility index (Phi) is 5.58. The minimum atomic E-state index is -4.57. The van der Waals surface area contributed by atoms with Crippen LogP contribution < -0.4 is 15.5 Å². The number of nitrogens with one attached hydrogen (secondary N) is 2. The molecule has 3 N–H and O–H groups in total. The highest BCUT2D eigenvalue weighted by Crippen LogP contribution is 2.37. The number of aliphatic hydroxyl groups excluding tert-OH is 1. The number of benzene rings is 1. The third-order valence-corrected chi connectivity index (χ3v) is 4.22. The van der Waals surface area contributed by atoms with Crippen molar-refractivity contribution in [1.82, 2.24) is 5.32 Å². The Morgan fingerprint density at radius 1 is 1.33 bits per heavy atom. The second kappa shape index (κ2) is 7.29. The molecule has 134 valence electrons. The number of anilines is 2. The van der Waals surface area contributed by atoms with Crippen molar-refractivity contribution in [3.05, 3.63) is 23.8 Å². The number of hydrogen-bond donors (Lipinski definition) is 3. The first-order chi connectivity index (χ1) is 11.2. The molecular weight excluding hydrogens is 323 g/mol. The summed E-state index contributed by atoms with van der Waals surface area (Å²) in [6, 6.07) is 3.03. The maximum absolute atomic E-state index is 13.2. The lowest BCUT2D eigenvalue weighted by atomic mass is 10.1. The van der Waals surface area contributed by atoms with E-state index in [1.165, 1.54) is 12.1 Å². The molecule has 0 saturated heterocycles. The lowest BCUT2D eigenvalue weighted by molar-refractivity contribution is -0.136. The molecule has 8 heteroatoms. The fraction of sp³-hybridized carbons (Fsp3) is 0.562. The van der Waals surface area contributed by atoms with Crippen LogP contribution in [0.15, 0.2) is 18.2 Å². The quantitative estimate of drug-likeness (QED) is 0.786. The smallest absolute Gasteiger partial charge is 0.393 e. The molecule has 2 atom stereocenters. The van der Waals surface area contributed by atoms with E-state index in [0.717, 1.165) is 18.9 Å². The van der Waals surface area contributed by atoms with E-state index in [1.807, 2.05) is 0 Å². The number of alkyl halides is 3. The fourth-order valence-electron chi connectivity index (χ4n) is 2.80. The summed E-state index contributed by atoms with van der Waals surface area (Å²) in [5.74, 6) is -0.0473. The van der Waals surface area contributed by atoms with E-state index in [2.05, 4.69) is 10.6 Å². The van der Waals surface area contributed by atoms with E-state index < -0.39 is 23.9 Å². The van der Waals surface area contributed by atoms with E-state index >= 15 is 0 Å². The molecule has 1 saturated carbocycles. The molecule has 1 aliphatic rings. The van der Waals surface area contributed by atoms with Crippen molar-refractivity contribution in [3.63, 3.8) is 0 Å². The molecule has 5 nitrogen and oxygen atoms in total. The van der Waals surface area contributed by atoms with Crippen molar-refractivity contribution in [2.24, 2.45) is 5.92 Å². The molecule has 0 aromatic heterocycles. The van der Waals surface area contributed by atoms with Crippen LogP contribution in [-0.4, -0.2) is 37.9 Å². The monoisotopic (exact) mass is 345 g/mol. The van der Waals surface area contributed by atoms with Crippen molar-refractivity contribution in [1.29, 1.82) is 0 Å². The highest BCUT2D eigenvalue weighted by atomic mass is 19.4. The number of urea groups is 1. The average molecular weight is 345 g/mol. The minimum absolute atomic E-state index is 0.0473. The summed E-state index contributed by atoms with van der Waals surface area (Å²) in [6.07, 6.45) is -2.66. The number of aliphatic hydroxyl groups is 1. The number of rotatable bonds is 4. The Morgan fingerprint density at radius 3 is 2.58 bits per heavy atom. The minimum Gasteiger partial charge on any atom is -0.393 e. The Labute approximate surface area is 138 Å². The highest BCUT2D eigenvalue weighted by molar-refractivity contribution is 5.90.